The van der Waals surface area contributed by atoms with Crippen molar-refractivity contribution in [2.24, 2.45) is 0 Å². The van der Waals surface area contributed by atoms with Gasteiger partial charge < -0.3 is 19.5 Å². The van der Waals surface area contributed by atoms with Crippen molar-refractivity contribution in [1.29, 1.82) is 0 Å². The van der Waals surface area contributed by atoms with Crippen molar-refractivity contribution >= 4 is 5.91 Å². The largest absolute Gasteiger partial charge is 0.496 e. The third kappa shape index (κ3) is 5.70. The number of nitrogens with zero attached hydrogens (tertiary/aromatic N) is 2. The van der Waals surface area contributed by atoms with Gasteiger partial charge in [0.15, 0.2) is 0 Å². The smallest absolute Gasteiger partial charge is 0.254 e. The highest BCUT2D eigenvalue weighted by Crippen LogP contribution is 2.20. The molecule has 1 fully saturated rings. The zero-order valence-corrected chi connectivity index (χ0v) is 15.7. The minimum Gasteiger partial charge on any atom is -0.496 e. The summed E-state index contributed by atoms with van der Waals surface area (Å²) in [6.07, 6.45) is -0.373. The van der Waals surface area contributed by atoms with Crippen LogP contribution in [0.1, 0.15) is 29.8 Å². The Balaban J connectivity index is 1.84. The maximum Gasteiger partial charge on any atom is 0.254 e. The summed E-state index contributed by atoms with van der Waals surface area (Å²) in [5.74, 6) is 0.763. The highest BCUT2D eigenvalue weighted by molar-refractivity contribution is 5.94. The summed E-state index contributed by atoms with van der Waals surface area (Å²) in [7, 11) is 1.61. The van der Waals surface area contributed by atoms with Gasteiger partial charge in [-0.3, -0.25) is 9.69 Å². The molecule has 1 aromatic carbocycles. The van der Waals surface area contributed by atoms with Gasteiger partial charge in [-0.1, -0.05) is 6.07 Å². The summed E-state index contributed by atoms with van der Waals surface area (Å²) in [5, 5.41) is 10.0. The molecule has 0 aromatic heterocycles. The first kappa shape index (κ1) is 19.7. The fourth-order valence-corrected chi connectivity index (χ4v) is 2.92. The summed E-state index contributed by atoms with van der Waals surface area (Å²) in [5.41, 5.74) is 1.67. The van der Waals surface area contributed by atoms with Crippen LogP contribution in [0, 0.1) is 6.92 Å². The van der Waals surface area contributed by atoms with Gasteiger partial charge in [-0.05, 0) is 38.5 Å². The summed E-state index contributed by atoms with van der Waals surface area (Å²) < 4.78 is 10.7. The van der Waals surface area contributed by atoms with Gasteiger partial charge in [-0.25, -0.2) is 0 Å². The minimum atomic E-state index is -0.494. The second kappa shape index (κ2) is 9.17. The molecule has 1 heterocycles. The average Bonchev–Trinajstić information content (AvgIpc) is 2.60. The Morgan fingerprint density at radius 1 is 1.24 bits per heavy atom. The highest BCUT2D eigenvalue weighted by Gasteiger charge is 2.24. The number of carbonyl (C=O) groups is 1. The van der Waals surface area contributed by atoms with Crippen LogP contribution in [0.15, 0.2) is 18.2 Å². The molecule has 0 spiro atoms. The lowest BCUT2D eigenvalue weighted by molar-refractivity contribution is -0.0137. The molecule has 6 nitrogen and oxygen atoms in total. The van der Waals surface area contributed by atoms with Crippen molar-refractivity contribution in [2.45, 2.75) is 33.0 Å². The zero-order valence-electron chi connectivity index (χ0n) is 15.7. The first-order valence-electron chi connectivity index (χ1n) is 8.86. The number of piperazine rings is 1. The van der Waals surface area contributed by atoms with Crippen LogP contribution in [0.4, 0.5) is 0 Å². The molecule has 0 saturated carbocycles. The van der Waals surface area contributed by atoms with Gasteiger partial charge in [0.25, 0.3) is 5.91 Å². The molecule has 2 rings (SSSR count). The van der Waals surface area contributed by atoms with Crippen LogP contribution in [-0.2, 0) is 4.74 Å². The van der Waals surface area contributed by atoms with Gasteiger partial charge in [-0.15, -0.1) is 0 Å². The molecule has 0 bridgehead atoms. The van der Waals surface area contributed by atoms with E-state index in [-0.39, 0.29) is 12.0 Å². The number of aliphatic hydroxyl groups excluding tert-OH is 1. The molecule has 1 saturated heterocycles. The summed E-state index contributed by atoms with van der Waals surface area (Å²) in [6.45, 7) is 9.63. The summed E-state index contributed by atoms with van der Waals surface area (Å²) in [6, 6.07) is 5.56. The lowest BCUT2D eigenvalue weighted by atomic mass is 10.1. The van der Waals surface area contributed by atoms with Crippen LogP contribution in [-0.4, -0.2) is 79.5 Å². The molecule has 0 aliphatic carbocycles. The number of ether oxygens (including phenoxy) is 2. The van der Waals surface area contributed by atoms with Crippen molar-refractivity contribution in [1.82, 2.24) is 9.80 Å². The molecule has 0 radical (unpaired) electrons. The van der Waals surface area contributed by atoms with Crippen LogP contribution in [0.2, 0.25) is 0 Å². The van der Waals surface area contributed by atoms with Crippen LogP contribution >= 0.6 is 0 Å². The number of hydrogen-bond donors (Lipinski definition) is 1. The quantitative estimate of drug-likeness (QED) is 0.808. The van der Waals surface area contributed by atoms with E-state index >= 15 is 0 Å². The van der Waals surface area contributed by atoms with Gasteiger partial charge in [0.05, 0.1) is 25.9 Å². The Bertz CT molecular complexity index is 569. The number of carbonyl (C=O) groups excluding carboxylic acids is 1. The van der Waals surface area contributed by atoms with Gasteiger partial charge in [-0.2, -0.15) is 0 Å². The van der Waals surface area contributed by atoms with Crippen molar-refractivity contribution in [2.75, 3.05) is 46.4 Å². The number of aliphatic hydroxyl groups is 1. The molecular formula is C19H30N2O4. The molecule has 1 amide bonds. The van der Waals surface area contributed by atoms with Crippen LogP contribution in [0.25, 0.3) is 0 Å². The van der Waals surface area contributed by atoms with E-state index in [1.54, 1.807) is 13.2 Å². The molecule has 1 aliphatic heterocycles. The SMILES string of the molecule is COc1cc(C(=O)N2CCN(CC(O)COC(C)C)CC2)ccc1C. The van der Waals surface area contributed by atoms with Gasteiger partial charge in [0.2, 0.25) is 0 Å². The summed E-state index contributed by atoms with van der Waals surface area (Å²) in [4.78, 5) is 16.7. The molecule has 6 heteroatoms. The Morgan fingerprint density at radius 2 is 1.92 bits per heavy atom. The Kier molecular flexibility index (Phi) is 7.23. The Morgan fingerprint density at radius 3 is 2.52 bits per heavy atom. The number of hydrogen-bond acceptors (Lipinski definition) is 5. The van der Waals surface area contributed by atoms with E-state index in [1.807, 2.05) is 37.8 Å². The molecule has 1 N–H and O–H groups in total. The van der Waals surface area contributed by atoms with E-state index in [1.165, 1.54) is 0 Å². The fourth-order valence-electron chi connectivity index (χ4n) is 2.92. The number of benzene rings is 1. The van der Waals surface area contributed by atoms with Crippen molar-refractivity contribution in [3.63, 3.8) is 0 Å². The monoisotopic (exact) mass is 350 g/mol. The first-order chi connectivity index (χ1) is 11.9. The second-order valence-corrected chi connectivity index (χ2v) is 6.81. The molecule has 1 aromatic rings. The lowest BCUT2D eigenvalue weighted by Crippen LogP contribution is -2.50. The molecule has 1 unspecified atom stereocenters. The van der Waals surface area contributed by atoms with Crippen molar-refractivity contribution in [3.05, 3.63) is 29.3 Å². The van der Waals surface area contributed by atoms with Crippen LogP contribution in [0.5, 0.6) is 5.75 Å². The van der Waals surface area contributed by atoms with E-state index in [4.69, 9.17) is 9.47 Å². The number of aryl methyl sites for hydroxylation is 1. The maximum absolute atomic E-state index is 12.7. The fraction of sp³-hybridized carbons (Fsp3) is 0.632. The lowest BCUT2D eigenvalue weighted by Gasteiger charge is -2.35. The third-order valence-corrected chi connectivity index (χ3v) is 4.41. The first-order valence-corrected chi connectivity index (χ1v) is 8.86. The van der Waals surface area contributed by atoms with E-state index < -0.39 is 6.10 Å². The van der Waals surface area contributed by atoms with E-state index in [0.29, 0.717) is 31.8 Å². The third-order valence-electron chi connectivity index (χ3n) is 4.41. The number of rotatable bonds is 7. The number of amides is 1. The van der Waals surface area contributed by atoms with E-state index in [0.717, 1.165) is 24.4 Å². The highest BCUT2D eigenvalue weighted by atomic mass is 16.5. The topological polar surface area (TPSA) is 62.2 Å². The van der Waals surface area contributed by atoms with E-state index in [9.17, 15) is 9.90 Å². The predicted octanol–water partition coefficient (Wildman–Crippen LogP) is 1.55. The second-order valence-electron chi connectivity index (χ2n) is 6.81. The van der Waals surface area contributed by atoms with Gasteiger partial charge >= 0.3 is 0 Å². The van der Waals surface area contributed by atoms with Crippen LogP contribution in [0.3, 0.4) is 0 Å². The molecular weight excluding hydrogens is 320 g/mol. The summed E-state index contributed by atoms with van der Waals surface area (Å²) >= 11 is 0. The van der Waals surface area contributed by atoms with Gasteiger partial charge in [0, 0.05) is 38.3 Å². The maximum atomic E-state index is 12.7. The predicted molar refractivity (Wildman–Crippen MR) is 97.2 cm³/mol. The molecule has 1 atom stereocenters. The van der Waals surface area contributed by atoms with Gasteiger partial charge in [0.1, 0.15) is 5.75 Å². The average molecular weight is 350 g/mol. The Labute approximate surface area is 150 Å². The van der Waals surface area contributed by atoms with E-state index in [2.05, 4.69) is 4.90 Å². The zero-order chi connectivity index (χ0) is 18.4. The minimum absolute atomic E-state index is 0.0293. The van der Waals surface area contributed by atoms with Crippen molar-refractivity contribution < 1.29 is 19.4 Å². The molecule has 25 heavy (non-hydrogen) atoms. The molecule has 140 valence electrons. The number of β-amino-alcohol motifs (C(OH)–C–C–N with tert-alkyl or cyclic N) is 1. The molecule has 1 aliphatic rings. The van der Waals surface area contributed by atoms with Crippen LogP contribution < -0.4 is 4.74 Å². The number of methoxy groups -OCH3 is 1. The van der Waals surface area contributed by atoms with Crippen molar-refractivity contribution in [3.8, 4) is 5.75 Å². The normalized spacial score (nSPS) is 17.0. The standard InChI is InChI=1S/C19H30N2O4/c1-14(2)25-13-17(22)12-20-7-9-21(10-8-20)19(23)16-6-5-15(3)18(11-16)24-4/h5-6,11,14,17,22H,7-10,12-13H2,1-4H3. The Hall–Kier alpha value is -1.63.